The van der Waals surface area contributed by atoms with Gasteiger partial charge in [-0.2, -0.15) is 4.31 Å². The highest BCUT2D eigenvalue weighted by Crippen LogP contribution is 2.29. The van der Waals surface area contributed by atoms with Crippen molar-refractivity contribution < 1.29 is 13.2 Å². The van der Waals surface area contributed by atoms with E-state index in [0.29, 0.717) is 24.2 Å². The second-order valence-corrected chi connectivity index (χ2v) is 8.15. The number of sulfonamides is 1. The lowest BCUT2D eigenvalue weighted by Crippen LogP contribution is -2.36. The molecule has 0 saturated carbocycles. The van der Waals surface area contributed by atoms with Crippen LogP contribution in [0, 0.1) is 0 Å². The standard InChI is InChI=1S/C12H15Br2NO3S/c1-9-8-15(5-2-6-18-9)19(16,17)12-7-10(13)3-4-11(12)14/h3-4,7,9H,2,5-6,8H2,1H3. The first kappa shape index (κ1) is 15.4. The van der Waals surface area contributed by atoms with Crippen molar-refractivity contribution in [2.24, 2.45) is 0 Å². The van der Waals surface area contributed by atoms with Crippen LogP contribution in [-0.4, -0.2) is 38.5 Å². The van der Waals surface area contributed by atoms with Gasteiger partial charge in [0.15, 0.2) is 0 Å². The summed E-state index contributed by atoms with van der Waals surface area (Å²) in [5, 5.41) is 0. The van der Waals surface area contributed by atoms with Gasteiger partial charge in [-0.05, 0) is 47.5 Å². The summed E-state index contributed by atoms with van der Waals surface area (Å²) in [6.45, 7) is 3.38. The minimum atomic E-state index is -3.49. The SMILES string of the molecule is CC1CN(S(=O)(=O)c2cc(Br)ccc2Br)CCCO1. The summed E-state index contributed by atoms with van der Waals surface area (Å²) in [4.78, 5) is 0.288. The zero-order valence-electron chi connectivity index (χ0n) is 10.5. The molecule has 0 bridgehead atoms. The van der Waals surface area contributed by atoms with Crippen LogP contribution in [0.5, 0.6) is 0 Å². The summed E-state index contributed by atoms with van der Waals surface area (Å²) >= 11 is 6.62. The van der Waals surface area contributed by atoms with Crippen LogP contribution < -0.4 is 0 Å². The minimum Gasteiger partial charge on any atom is -0.377 e. The molecule has 0 aliphatic carbocycles. The molecule has 1 heterocycles. The molecule has 1 saturated heterocycles. The van der Waals surface area contributed by atoms with E-state index in [2.05, 4.69) is 31.9 Å². The molecule has 19 heavy (non-hydrogen) atoms. The Balaban J connectivity index is 2.38. The monoisotopic (exact) mass is 411 g/mol. The molecule has 1 fully saturated rings. The van der Waals surface area contributed by atoms with Crippen molar-refractivity contribution in [1.29, 1.82) is 0 Å². The highest BCUT2D eigenvalue weighted by molar-refractivity contribution is 9.11. The first-order valence-corrected chi connectivity index (χ1v) is 9.00. The Morgan fingerprint density at radius 3 is 2.84 bits per heavy atom. The molecule has 0 spiro atoms. The van der Waals surface area contributed by atoms with Gasteiger partial charge in [-0.3, -0.25) is 0 Å². The molecule has 7 heteroatoms. The van der Waals surface area contributed by atoms with Gasteiger partial charge in [0.25, 0.3) is 0 Å². The second-order valence-electron chi connectivity index (χ2n) is 4.47. The molecule has 0 N–H and O–H groups in total. The molecule has 0 radical (unpaired) electrons. The molecule has 0 aromatic heterocycles. The zero-order chi connectivity index (χ0) is 14.0. The van der Waals surface area contributed by atoms with Gasteiger partial charge in [-0.25, -0.2) is 8.42 Å². The Kier molecular flexibility index (Phi) is 5.05. The Morgan fingerprint density at radius 1 is 1.37 bits per heavy atom. The predicted octanol–water partition coefficient (Wildman–Crippen LogP) is 3.01. The van der Waals surface area contributed by atoms with Crippen molar-refractivity contribution in [3.8, 4) is 0 Å². The minimum absolute atomic E-state index is 0.0804. The van der Waals surface area contributed by atoms with Gasteiger partial charge in [0.1, 0.15) is 0 Å². The van der Waals surface area contributed by atoms with E-state index in [4.69, 9.17) is 4.74 Å². The fourth-order valence-electron chi connectivity index (χ4n) is 1.99. The van der Waals surface area contributed by atoms with Crippen LogP contribution in [0.1, 0.15) is 13.3 Å². The van der Waals surface area contributed by atoms with Crippen LogP contribution in [0.25, 0.3) is 0 Å². The Hall–Kier alpha value is 0.0500. The van der Waals surface area contributed by atoms with Gasteiger partial charge in [-0.1, -0.05) is 15.9 Å². The third kappa shape index (κ3) is 3.58. The van der Waals surface area contributed by atoms with Crippen LogP contribution in [0.15, 0.2) is 32.0 Å². The van der Waals surface area contributed by atoms with E-state index in [9.17, 15) is 8.42 Å². The molecule has 1 aromatic carbocycles. The fraction of sp³-hybridized carbons (Fsp3) is 0.500. The summed E-state index contributed by atoms with van der Waals surface area (Å²) in [5.74, 6) is 0. The fourth-order valence-corrected chi connectivity index (χ4v) is 5.01. The maximum atomic E-state index is 12.7. The average molecular weight is 413 g/mol. The van der Waals surface area contributed by atoms with Crippen molar-refractivity contribution >= 4 is 41.9 Å². The normalized spacial score (nSPS) is 22.2. The summed E-state index contributed by atoms with van der Waals surface area (Å²) in [5.41, 5.74) is 0. The van der Waals surface area contributed by atoms with Gasteiger partial charge in [0, 0.05) is 28.6 Å². The number of hydrogen-bond donors (Lipinski definition) is 0. The molecule has 1 atom stereocenters. The van der Waals surface area contributed by atoms with Crippen LogP contribution in [0.3, 0.4) is 0 Å². The molecule has 4 nitrogen and oxygen atoms in total. The molecular formula is C12H15Br2NO3S. The molecule has 1 aromatic rings. The van der Waals surface area contributed by atoms with Crippen molar-refractivity contribution in [3.63, 3.8) is 0 Å². The van der Waals surface area contributed by atoms with Crippen LogP contribution in [-0.2, 0) is 14.8 Å². The first-order valence-electron chi connectivity index (χ1n) is 5.98. The first-order chi connectivity index (χ1) is 8.91. The van der Waals surface area contributed by atoms with E-state index >= 15 is 0 Å². The van der Waals surface area contributed by atoms with Crippen molar-refractivity contribution in [3.05, 3.63) is 27.1 Å². The second kappa shape index (κ2) is 6.22. The highest BCUT2D eigenvalue weighted by atomic mass is 79.9. The third-order valence-electron chi connectivity index (χ3n) is 2.93. The lowest BCUT2D eigenvalue weighted by atomic mass is 10.4. The lowest BCUT2D eigenvalue weighted by Gasteiger charge is -2.22. The number of hydrogen-bond acceptors (Lipinski definition) is 3. The van der Waals surface area contributed by atoms with E-state index in [1.807, 2.05) is 6.92 Å². The number of nitrogens with zero attached hydrogens (tertiary/aromatic N) is 1. The molecule has 0 amide bonds. The maximum absolute atomic E-state index is 12.7. The summed E-state index contributed by atoms with van der Waals surface area (Å²) < 4.78 is 33.7. The maximum Gasteiger partial charge on any atom is 0.244 e. The number of halogens is 2. The zero-order valence-corrected chi connectivity index (χ0v) is 14.5. The lowest BCUT2D eigenvalue weighted by molar-refractivity contribution is 0.0752. The molecule has 1 aliphatic rings. The van der Waals surface area contributed by atoms with Crippen molar-refractivity contribution in [2.75, 3.05) is 19.7 Å². The van der Waals surface area contributed by atoms with Crippen LogP contribution in [0.4, 0.5) is 0 Å². The summed E-state index contributed by atoms with van der Waals surface area (Å²) in [6.07, 6.45) is 0.637. The highest BCUT2D eigenvalue weighted by Gasteiger charge is 2.29. The largest absolute Gasteiger partial charge is 0.377 e. The number of ether oxygens (including phenoxy) is 1. The quantitative estimate of drug-likeness (QED) is 0.749. The van der Waals surface area contributed by atoms with E-state index in [1.165, 1.54) is 4.31 Å². The number of benzene rings is 1. The molecular weight excluding hydrogens is 398 g/mol. The number of rotatable bonds is 2. The van der Waals surface area contributed by atoms with Gasteiger partial charge >= 0.3 is 0 Å². The van der Waals surface area contributed by atoms with Crippen molar-refractivity contribution in [2.45, 2.75) is 24.3 Å². The van der Waals surface area contributed by atoms with E-state index in [0.717, 1.165) is 10.9 Å². The Morgan fingerprint density at radius 2 is 2.11 bits per heavy atom. The molecule has 106 valence electrons. The molecule has 1 aliphatic heterocycles. The van der Waals surface area contributed by atoms with E-state index in [1.54, 1.807) is 18.2 Å². The van der Waals surface area contributed by atoms with Crippen LogP contribution >= 0.6 is 31.9 Å². The van der Waals surface area contributed by atoms with Gasteiger partial charge in [0.2, 0.25) is 10.0 Å². The Bertz CT molecular complexity index is 562. The van der Waals surface area contributed by atoms with Crippen molar-refractivity contribution in [1.82, 2.24) is 4.31 Å². The van der Waals surface area contributed by atoms with Gasteiger partial charge in [0.05, 0.1) is 11.0 Å². The average Bonchev–Trinajstić information content (AvgIpc) is 2.57. The third-order valence-corrected chi connectivity index (χ3v) is 6.28. The van der Waals surface area contributed by atoms with Gasteiger partial charge in [-0.15, -0.1) is 0 Å². The van der Waals surface area contributed by atoms with E-state index < -0.39 is 10.0 Å². The molecule has 2 rings (SSSR count). The summed E-state index contributed by atoms with van der Waals surface area (Å²) in [7, 11) is -3.49. The molecule has 1 unspecified atom stereocenters. The van der Waals surface area contributed by atoms with Crippen LogP contribution in [0.2, 0.25) is 0 Å². The summed E-state index contributed by atoms with van der Waals surface area (Å²) in [6, 6.07) is 5.15. The van der Waals surface area contributed by atoms with E-state index in [-0.39, 0.29) is 11.0 Å². The predicted molar refractivity (Wildman–Crippen MR) is 80.6 cm³/mol. The topological polar surface area (TPSA) is 46.6 Å². The smallest absolute Gasteiger partial charge is 0.244 e. The van der Waals surface area contributed by atoms with Gasteiger partial charge < -0.3 is 4.74 Å². The Labute approximate surface area is 130 Å².